The molecule has 0 aliphatic carbocycles. The Balaban J connectivity index is 1.66. The lowest BCUT2D eigenvalue weighted by molar-refractivity contribution is -0.137. The van der Waals surface area contributed by atoms with Crippen LogP contribution >= 0.6 is 0 Å². The van der Waals surface area contributed by atoms with Crippen LogP contribution in [0.1, 0.15) is 96.0 Å². The molecule has 1 aromatic rings. The maximum absolute atomic E-state index is 10.5. The molecule has 1 heterocycles. The van der Waals surface area contributed by atoms with Crippen molar-refractivity contribution < 1.29 is 19.4 Å². The first-order chi connectivity index (χ1) is 15.5. The van der Waals surface area contributed by atoms with E-state index in [4.69, 9.17) is 19.8 Å². The smallest absolute Gasteiger partial charge is 0.303 e. The summed E-state index contributed by atoms with van der Waals surface area (Å²) >= 11 is 0. The molecule has 0 saturated heterocycles. The van der Waals surface area contributed by atoms with Crippen molar-refractivity contribution in [2.24, 2.45) is 0 Å². The van der Waals surface area contributed by atoms with Gasteiger partial charge in [-0.3, -0.25) is 4.79 Å². The van der Waals surface area contributed by atoms with E-state index in [0.717, 1.165) is 82.1 Å². The molecule has 5 nitrogen and oxygen atoms in total. The fourth-order valence-electron chi connectivity index (χ4n) is 3.99. The van der Waals surface area contributed by atoms with Gasteiger partial charge in [0.1, 0.15) is 17.1 Å². The first kappa shape index (κ1) is 25.8. The molecule has 0 bridgehead atoms. The first-order valence-corrected chi connectivity index (χ1v) is 12.2. The molecule has 176 valence electrons. The zero-order valence-corrected chi connectivity index (χ0v) is 19.6. The normalized spacial score (nSPS) is 17.5. The van der Waals surface area contributed by atoms with Crippen molar-refractivity contribution in [2.45, 2.75) is 102 Å². The van der Waals surface area contributed by atoms with E-state index in [2.05, 4.69) is 31.2 Å². The molecule has 1 aliphatic heterocycles. The van der Waals surface area contributed by atoms with Gasteiger partial charge in [0.05, 0.1) is 12.7 Å². The van der Waals surface area contributed by atoms with Crippen molar-refractivity contribution in [1.29, 1.82) is 5.26 Å². The topological polar surface area (TPSA) is 79.5 Å². The number of nitriles is 1. The number of hydrogen-bond donors (Lipinski definition) is 1. The van der Waals surface area contributed by atoms with E-state index in [0.29, 0.717) is 13.0 Å². The lowest BCUT2D eigenvalue weighted by atomic mass is 9.91. The van der Waals surface area contributed by atoms with Gasteiger partial charge in [-0.05, 0) is 81.7 Å². The van der Waals surface area contributed by atoms with Gasteiger partial charge in [-0.2, -0.15) is 5.26 Å². The molecule has 1 aromatic carbocycles. The minimum absolute atomic E-state index is 0.253. The van der Waals surface area contributed by atoms with Crippen molar-refractivity contribution in [2.75, 3.05) is 6.61 Å². The summed E-state index contributed by atoms with van der Waals surface area (Å²) in [5.74, 6) is 1.14. The molecule has 0 saturated carbocycles. The monoisotopic (exact) mass is 441 g/mol. The summed E-state index contributed by atoms with van der Waals surface area (Å²) in [6.07, 6.45) is 17.7. The zero-order chi connectivity index (χ0) is 23.1. The Morgan fingerprint density at radius 2 is 1.91 bits per heavy atom. The molecule has 1 N–H and O–H groups in total. The predicted molar refractivity (Wildman–Crippen MR) is 127 cm³/mol. The molecule has 0 amide bonds. The fraction of sp³-hybridized carbons (Fsp3) is 0.630. The molecule has 0 aromatic heterocycles. The SMILES string of the molecule is CC1(C=CCCCCCCC#N)CCc2cc(OCCCCCCCC(=O)O)ccc2O1. The quantitative estimate of drug-likeness (QED) is 0.221. The highest BCUT2D eigenvalue weighted by molar-refractivity contribution is 5.66. The van der Waals surface area contributed by atoms with Gasteiger partial charge in [0, 0.05) is 12.8 Å². The molecule has 2 rings (SSSR count). The molecule has 5 heteroatoms. The largest absolute Gasteiger partial charge is 0.494 e. The van der Waals surface area contributed by atoms with Crippen LogP contribution in [-0.2, 0) is 11.2 Å². The maximum Gasteiger partial charge on any atom is 0.303 e. The van der Waals surface area contributed by atoms with Crippen molar-refractivity contribution >= 4 is 5.97 Å². The number of benzene rings is 1. The molecular formula is C27H39NO4. The highest BCUT2D eigenvalue weighted by atomic mass is 16.5. The van der Waals surface area contributed by atoms with Gasteiger partial charge < -0.3 is 14.6 Å². The summed E-state index contributed by atoms with van der Waals surface area (Å²) in [6.45, 7) is 2.84. The first-order valence-electron chi connectivity index (χ1n) is 12.2. The van der Waals surface area contributed by atoms with Gasteiger partial charge in [0.15, 0.2) is 0 Å². The van der Waals surface area contributed by atoms with Crippen LogP contribution in [0.2, 0.25) is 0 Å². The number of aryl methyl sites for hydroxylation is 1. The predicted octanol–water partition coefficient (Wildman–Crippen LogP) is 6.99. The van der Waals surface area contributed by atoms with Crippen molar-refractivity contribution in [3.05, 3.63) is 35.9 Å². The number of fused-ring (bicyclic) bond motifs is 1. The summed E-state index contributed by atoms with van der Waals surface area (Å²) in [6, 6.07) is 8.32. The summed E-state index contributed by atoms with van der Waals surface area (Å²) in [5.41, 5.74) is 0.955. The van der Waals surface area contributed by atoms with Crippen LogP contribution in [0.3, 0.4) is 0 Å². The summed E-state index contributed by atoms with van der Waals surface area (Å²) in [7, 11) is 0. The number of nitrogens with zero attached hydrogens (tertiary/aromatic N) is 1. The van der Waals surface area contributed by atoms with Crippen molar-refractivity contribution in [3.63, 3.8) is 0 Å². The van der Waals surface area contributed by atoms with E-state index in [1.54, 1.807) is 0 Å². The van der Waals surface area contributed by atoms with E-state index < -0.39 is 5.97 Å². The number of allylic oxidation sites excluding steroid dienone is 1. The van der Waals surface area contributed by atoms with E-state index in [1.165, 1.54) is 12.0 Å². The number of hydrogen-bond acceptors (Lipinski definition) is 4. The lowest BCUT2D eigenvalue weighted by Gasteiger charge is -2.33. The molecule has 1 aliphatic rings. The van der Waals surface area contributed by atoms with Gasteiger partial charge in [0.2, 0.25) is 0 Å². The second-order valence-corrected chi connectivity index (χ2v) is 8.96. The second-order valence-electron chi connectivity index (χ2n) is 8.96. The van der Waals surface area contributed by atoms with E-state index in [9.17, 15) is 4.79 Å². The van der Waals surface area contributed by atoms with Crippen LogP contribution in [0.25, 0.3) is 0 Å². The average molecular weight is 442 g/mol. The minimum Gasteiger partial charge on any atom is -0.494 e. The zero-order valence-electron chi connectivity index (χ0n) is 19.6. The minimum atomic E-state index is -0.708. The standard InChI is InChI=1S/C27H39NO4/c1-27(18-11-7-3-2-4-8-12-20-28)19-17-23-22-24(15-16-25(23)32-27)31-21-13-9-5-6-10-14-26(29)30/h11,15-16,18,22H,2-10,12-14,17,19,21H2,1H3,(H,29,30). The molecule has 0 fully saturated rings. The summed E-state index contributed by atoms with van der Waals surface area (Å²) < 4.78 is 12.2. The van der Waals surface area contributed by atoms with Crippen LogP contribution in [0.4, 0.5) is 0 Å². The van der Waals surface area contributed by atoms with Gasteiger partial charge >= 0.3 is 5.97 Å². The van der Waals surface area contributed by atoms with Crippen molar-refractivity contribution in [1.82, 2.24) is 0 Å². The highest BCUT2D eigenvalue weighted by Gasteiger charge is 2.29. The Bertz CT molecular complexity index is 767. The van der Waals surface area contributed by atoms with E-state index >= 15 is 0 Å². The second kappa shape index (κ2) is 14.6. The maximum atomic E-state index is 10.5. The van der Waals surface area contributed by atoms with Gasteiger partial charge in [0.25, 0.3) is 0 Å². The van der Waals surface area contributed by atoms with Crippen LogP contribution in [-0.4, -0.2) is 23.3 Å². The fourth-order valence-corrected chi connectivity index (χ4v) is 3.99. The average Bonchev–Trinajstić information content (AvgIpc) is 2.77. The number of aliphatic carboxylic acids is 1. The highest BCUT2D eigenvalue weighted by Crippen LogP contribution is 2.36. The van der Waals surface area contributed by atoms with Crippen molar-refractivity contribution in [3.8, 4) is 17.6 Å². The third kappa shape index (κ3) is 10.2. The molecule has 0 radical (unpaired) electrons. The molecule has 1 atom stereocenters. The molecule has 1 unspecified atom stereocenters. The number of carboxylic acids is 1. The molecule has 0 spiro atoms. The van der Waals surface area contributed by atoms with Crippen LogP contribution < -0.4 is 9.47 Å². The summed E-state index contributed by atoms with van der Waals surface area (Å²) in [5, 5.41) is 17.2. The number of unbranched alkanes of at least 4 members (excludes halogenated alkanes) is 9. The molecule has 32 heavy (non-hydrogen) atoms. The molecular weight excluding hydrogens is 402 g/mol. The Kier molecular flexibility index (Phi) is 11.7. The number of ether oxygens (including phenoxy) is 2. The van der Waals surface area contributed by atoms with Gasteiger partial charge in [-0.15, -0.1) is 0 Å². The number of rotatable bonds is 16. The van der Waals surface area contributed by atoms with E-state index in [1.807, 2.05) is 12.1 Å². The van der Waals surface area contributed by atoms with E-state index in [-0.39, 0.29) is 12.0 Å². The number of carbonyl (C=O) groups is 1. The van der Waals surface area contributed by atoms with Gasteiger partial charge in [-0.1, -0.05) is 38.2 Å². The Hall–Kier alpha value is -2.48. The third-order valence-electron chi connectivity index (χ3n) is 5.95. The summed E-state index contributed by atoms with van der Waals surface area (Å²) in [4.78, 5) is 10.5. The lowest BCUT2D eigenvalue weighted by Crippen LogP contribution is -2.34. The van der Waals surface area contributed by atoms with Crippen LogP contribution in [0.15, 0.2) is 30.4 Å². The van der Waals surface area contributed by atoms with Crippen LogP contribution in [0, 0.1) is 11.3 Å². The van der Waals surface area contributed by atoms with Gasteiger partial charge in [-0.25, -0.2) is 0 Å². The Labute approximate surface area is 193 Å². The van der Waals surface area contributed by atoms with Crippen LogP contribution in [0.5, 0.6) is 11.5 Å². The Morgan fingerprint density at radius 1 is 1.16 bits per heavy atom. The number of carboxylic acid groups (broad SMARTS) is 1. The third-order valence-corrected chi connectivity index (χ3v) is 5.95. The Morgan fingerprint density at radius 3 is 2.72 bits per heavy atom.